The third-order valence-corrected chi connectivity index (χ3v) is 7.29. The van der Waals surface area contributed by atoms with E-state index in [1.165, 1.54) is 0 Å². The number of likely N-dealkylation sites (tertiary alicyclic amines) is 1. The highest BCUT2D eigenvalue weighted by atomic mass is 32.2. The molecule has 3 aromatic carbocycles. The number of nitrogens with zero attached hydrogens (tertiary/aromatic N) is 5. The predicted molar refractivity (Wildman–Crippen MR) is 135 cm³/mol. The van der Waals surface area contributed by atoms with Gasteiger partial charge in [0.05, 0.1) is 17.0 Å². The number of hydrogen-bond acceptors (Lipinski definition) is 6. The molecule has 0 aliphatic carbocycles. The van der Waals surface area contributed by atoms with Crippen LogP contribution in [0.1, 0.15) is 39.4 Å². The standard InChI is InChI=1S/C27H25N5O2S/c33-26(20-9-3-1-4-10-20)21-15-17-31(18-16-21)27(34)23-13-7-8-14-24(23)35-19-25-28-29-30-32(25)22-11-5-2-6-12-22/h1-14,21H,15-19H2. The van der Waals surface area contributed by atoms with Gasteiger partial charge in [0.15, 0.2) is 11.6 Å². The lowest BCUT2D eigenvalue weighted by Crippen LogP contribution is -2.40. The second kappa shape index (κ2) is 10.7. The highest BCUT2D eigenvalue weighted by Gasteiger charge is 2.29. The van der Waals surface area contributed by atoms with Crippen molar-refractivity contribution in [1.82, 2.24) is 25.1 Å². The van der Waals surface area contributed by atoms with Gasteiger partial charge in [-0.2, -0.15) is 4.68 Å². The molecule has 0 N–H and O–H groups in total. The largest absolute Gasteiger partial charge is 0.339 e. The van der Waals surface area contributed by atoms with E-state index in [0.29, 0.717) is 43.1 Å². The Balaban J connectivity index is 1.24. The smallest absolute Gasteiger partial charge is 0.254 e. The molecule has 0 radical (unpaired) electrons. The third-order valence-electron chi connectivity index (χ3n) is 6.22. The fraction of sp³-hybridized carbons (Fsp3) is 0.222. The van der Waals surface area contributed by atoms with Gasteiger partial charge in [0, 0.05) is 29.5 Å². The molecule has 5 rings (SSSR count). The summed E-state index contributed by atoms with van der Waals surface area (Å²) in [4.78, 5) is 29.0. The average molecular weight is 484 g/mol. The molecule has 0 unspecified atom stereocenters. The van der Waals surface area contributed by atoms with Gasteiger partial charge in [0.2, 0.25) is 0 Å². The summed E-state index contributed by atoms with van der Waals surface area (Å²) in [5, 5.41) is 12.1. The van der Waals surface area contributed by atoms with Crippen molar-refractivity contribution in [3.8, 4) is 5.69 Å². The summed E-state index contributed by atoms with van der Waals surface area (Å²) in [6, 6.07) is 26.8. The van der Waals surface area contributed by atoms with E-state index in [0.717, 1.165) is 16.1 Å². The van der Waals surface area contributed by atoms with Gasteiger partial charge in [0.25, 0.3) is 5.91 Å². The number of para-hydroxylation sites is 1. The van der Waals surface area contributed by atoms with Gasteiger partial charge in [-0.3, -0.25) is 9.59 Å². The molecule has 8 heteroatoms. The first-order valence-electron chi connectivity index (χ1n) is 11.6. The Morgan fingerprint density at radius 1 is 0.857 bits per heavy atom. The van der Waals surface area contributed by atoms with Crippen molar-refractivity contribution in [2.75, 3.05) is 13.1 Å². The first kappa shape index (κ1) is 23.0. The molecular formula is C27H25N5O2S. The zero-order valence-electron chi connectivity index (χ0n) is 19.2. The van der Waals surface area contributed by atoms with Gasteiger partial charge in [0.1, 0.15) is 0 Å². The number of rotatable bonds is 7. The highest BCUT2D eigenvalue weighted by Crippen LogP contribution is 2.29. The van der Waals surface area contributed by atoms with Crippen LogP contribution in [0.3, 0.4) is 0 Å². The normalized spacial score (nSPS) is 14.1. The van der Waals surface area contributed by atoms with E-state index in [2.05, 4.69) is 15.5 Å². The predicted octanol–water partition coefficient (Wildman–Crippen LogP) is 4.69. The molecule has 2 heterocycles. The van der Waals surface area contributed by atoms with E-state index in [-0.39, 0.29) is 17.6 Å². The van der Waals surface area contributed by atoms with Gasteiger partial charge < -0.3 is 4.90 Å². The van der Waals surface area contributed by atoms with Crippen molar-refractivity contribution in [1.29, 1.82) is 0 Å². The molecule has 0 spiro atoms. The van der Waals surface area contributed by atoms with Crippen LogP contribution in [0.4, 0.5) is 0 Å². The minimum Gasteiger partial charge on any atom is -0.339 e. The zero-order valence-corrected chi connectivity index (χ0v) is 20.0. The number of tetrazole rings is 1. The number of benzene rings is 3. The Kier molecular flexibility index (Phi) is 6.99. The minimum absolute atomic E-state index is 0.00126. The molecule has 35 heavy (non-hydrogen) atoms. The number of piperidine rings is 1. The molecule has 1 aliphatic heterocycles. The van der Waals surface area contributed by atoms with Crippen molar-refractivity contribution >= 4 is 23.5 Å². The highest BCUT2D eigenvalue weighted by molar-refractivity contribution is 7.98. The van der Waals surface area contributed by atoms with E-state index in [4.69, 9.17) is 0 Å². The SMILES string of the molecule is O=C(c1ccccc1)C1CCN(C(=O)c2ccccc2SCc2nnnn2-c2ccccc2)CC1. The van der Waals surface area contributed by atoms with Crippen molar-refractivity contribution < 1.29 is 9.59 Å². The molecule has 0 atom stereocenters. The van der Waals surface area contributed by atoms with Crippen LogP contribution in [0, 0.1) is 5.92 Å². The number of amides is 1. The van der Waals surface area contributed by atoms with E-state index in [1.54, 1.807) is 16.4 Å². The molecule has 4 aromatic rings. The molecule has 1 fully saturated rings. The molecule has 1 aromatic heterocycles. The second-order valence-corrected chi connectivity index (χ2v) is 9.44. The summed E-state index contributed by atoms with van der Waals surface area (Å²) in [5.41, 5.74) is 2.31. The molecular weight excluding hydrogens is 458 g/mol. The fourth-order valence-corrected chi connectivity index (χ4v) is 5.28. The quantitative estimate of drug-likeness (QED) is 0.280. The van der Waals surface area contributed by atoms with Crippen molar-refractivity contribution in [2.45, 2.75) is 23.5 Å². The Morgan fingerprint density at radius 3 is 2.26 bits per heavy atom. The van der Waals surface area contributed by atoms with Gasteiger partial charge in [-0.15, -0.1) is 16.9 Å². The summed E-state index contributed by atoms with van der Waals surface area (Å²) in [6.45, 7) is 1.15. The number of hydrogen-bond donors (Lipinski definition) is 0. The van der Waals surface area contributed by atoms with Crippen molar-refractivity contribution in [2.24, 2.45) is 5.92 Å². The van der Waals surface area contributed by atoms with Gasteiger partial charge in [-0.05, 0) is 47.5 Å². The second-order valence-electron chi connectivity index (χ2n) is 8.42. The van der Waals surface area contributed by atoms with Crippen molar-refractivity contribution in [3.05, 3.63) is 102 Å². The van der Waals surface area contributed by atoms with E-state index in [1.807, 2.05) is 89.8 Å². The minimum atomic E-state index is -0.0390. The number of carbonyl (C=O) groups is 2. The first-order chi connectivity index (χ1) is 17.2. The Labute approximate surface area is 208 Å². The summed E-state index contributed by atoms with van der Waals surface area (Å²) >= 11 is 1.54. The lowest BCUT2D eigenvalue weighted by atomic mass is 9.88. The lowest BCUT2D eigenvalue weighted by Gasteiger charge is -2.31. The molecule has 176 valence electrons. The van der Waals surface area contributed by atoms with Crippen LogP contribution in [0.25, 0.3) is 5.69 Å². The Morgan fingerprint density at radius 2 is 1.51 bits per heavy atom. The van der Waals surface area contributed by atoms with Crippen LogP contribution in [-0.2, 0) is 5.75 Å². The number of thioether (sulfide) groups is 1. The van der Waals surface area contributed by atoms with Crippen LogP contribution in [0.5, 0.6) is 0 Å². The first-order valence-corrected chi connectivity index (χ1v) is 12.6. The third kappa shape index (κ3) is 5.17. The summed E-state index contributed by atoms with van der Waals surface area (Å²) in [5.74, 6) is 1.37. The van der Waals surface area contributed by atoms with Crippen LogP contribution in [-0.4, -0.2) is 49.9 Å². The van der Waals surface area contributed by atoms with E-state index >= 15 is 0 Å². The van der Waals surface area contributed by atoms with E-state index < -0.39 is 0 Å². The number of Topliss-reactive ketones (excluding diaryl/α,β-unsaturated/α-hetero) is 1. The number of aromatic nitrogens is 4. The number of carbonyl (C=O) groups excluding carboxylic acids is 2. The number of ketones is 1. The monoisotopic (exact) mass is 483 g/mol. The molecule has 1 saturated heterocycles. The maximum atomic E-state index is 13.4. The van der Waals surface area contributed by atoms with Gasteiger partial charge in [-0.1, -0.05) is 60.7 Å². The Hall–Kier alpha value is -3.78. The van der Waals surface area contributed by atoms with Crippen LogP contribution < -0.4 is 0 Å². The van der Waals surface area contributed by atoms with Crippen molar-refractivity contribution in [3.63, 3.8) is 0 Å². The van der Waals surface area contributed by atoms with Gasteiger partial charge in [-0.25, -0.2) is 0 Å². The maximum absolute atomic E-state index is 13.4. The summed E-state index contributed by atoms with van der Waals surface area (Å²) in [7, 11) is 0. The molecule has 1 amide bonds. The molecule has 0 saturated carbocycles. The Bertz CT molecular complexity index is 1300. The lowest BCUT2D eigenvalue weighted by molar-refractivity contribution is 0.0647. The average Bonchev–Trinajstić information content (AvgIpc) is 3.41. The fourth-order valence-electron chi connectivity index (χ4n) is 4.33. The summed E-state index contributed by atoms with van der Waals surface area (Å²) < 4.78 is 1.71. The van der Waals surface area contributed by atoms with Crippen LogP contribution in [0.15, 0.2) is 89.8 Å². The van der Waals surface area contributed by atoms with Crippen LogP contribution >= 0.6 is 11.8 Å². The van der Waals surface area contributed by atoms with Gasteiger partial charge >= 0.3 is 0 Å². The zero-order chi connectivity index (χ0) is 24.0. The molecule has 1 aliphatic rings. The molecule has 7 nitrogen and oxygen atoms in total. The topological polar surface area (TPSA) is 81.0 Å². The summed E-state index contributed by atoms with van der Waals surface area (Å²) in [6.07, 6.45) is 1.36. The van der Waals surface area contributed by atoms with E-state index in [9.17, 15) is 9.59 Å². The maximum Gasteiger partial charge on any atom is 0.254 e. The van der Waals surface area contributed by atoms with Crippen LogP contribution in [0.2, 0.25) is 0 Å². The molecule has 0 bridgehead atoms.